The maximum absolute atomic E-state index is 5.79. The molecular formula is C12H14O3. The van der Waals surface area contributed by atoms with Gasteiger partial charge < -0.3 is 14.2 Å². The van der Waals surface area contributed by atoms with Crippen LogP contribution >= 0.6 is 0 Å². The number of fused-ring (bicyclic) bond motifs is 2. The second-order valence-electron chi connectivity index (χ2n) is 4.00. The lowest BCUT2D eigenvalue weighted by atomic mass is 9.91. The van der Waals surface area contributed by atoms with Crippen molar-refractivity contribution in [2.24, 2.45) is 5.92 Å². The van der Waals surface area contributed by atoms with Crippen LogP contribution in [0, 0.1) is 5.92 Å². The number of methoxy groups -OCH3 is 1. The summed E-state index contributed by atoms with van der Waals surface area (Å²) in [6.45, 7) is 0.767. The predicted molar refractivity (Wildman–Crippen MR) is 54.7 cm³/mol. The van der Waals surface area contributed by atoms with E-state index in [-0.39, 0.29) is 12.4 Å². The summed E-state index contributed by atoms with van der Waals surface area (Å²) in [4.78, 5) is 0. The maximum Gasteiger partial charge on any atom is 0.205 e. The first kappa shape index (κ1) is 9.19. The summed E-state index contributed by atoms with van der Waals surface area (Å²) in [6.07, 6.45) is 1.00. The highest BCUT2D eigenvalue weighted by atomic mass is 16.7. The van der Waals surface area contributed by atoms with Gasteiger partial charge in [-0.05, 0) is 12.5 Å². The number of hydrogen-bond donors (Lipinski definition) is 0. The van der Waals surface area contributed by atoms with E-state index < -0.39 is 0 Å². The molecule has 0 radical (unpaired) electrons. The van der Waals surface area contributed by atoms with Gasteiger partial charge >= 0.3 is 0 Å². The molecule has 80 valence electrons. The first-order valence-electron chi connectivity index (χ1n) is 5.30. The summed E-state index contributed by atoms with van der Waals surface area (Å²) in [6, 6.07) is 8.03. The van der Waals surface area contributed by atoms with E-state index in [4.69, 9.17) is 14.2 Å². The Hall–Kier alpha value is -1.06. The van der Waals surface area contributed by atoms with Crippen LogP contribution in [0.15, 0.2) is 24.3 Å². The molecule has 1 aromatic carbocycles. The van der Waals surface area contributed by atoms with Crippen LogP contribution in [0.1, 0.15) is 18.1 Å². The lowest BCUT2D eigenvalue weighted by Crippen LogP contribution is -2.33. The van der Waals surface area contributed by atoms with Gasteiger partial charge in [-0.1, -0.05) is 18.2 Å². The largest absolute Gasteiger partial charge is 0.464 e. The molecule has 3 heteroatoms. The van der Waals surface area contributed by atoms with E-state index in [0.717, 1.165) is 24.3 Å². The SMILES string of the molecule is CO[C@@H]1c2ccccc2O[C@@H]2OCC[C@@H]21. The van der Waals surface area contributed by atoms with Gasteiger partial charge in [0.05, 0.1) is 18.6 Å². The van der Waals surface area contributed by atoms with Gasteiger partial charge in [-0.2, -0.15) is 0 Å². The van der Waals surface area contributed by atoms with Gasteiger partial charge in [0.15, 0.2) is 0 Å². The number of benzene rings is 1. The quantitative estimate of drug-likeness (QED) is 0.704. The van der Waals surface area contributed by atoms with Gasteiger partial charge in [-0.3, -0.25) is 0 Å². The average Bonchev–Trinajstić information content (AvgIpc) is 2.73. The summed E-state index contributed by atoms with van der Waals surface area (Å²) in [5.41, 5.74) is 1.15. The fraction of sp³-hybridized carbons (Fsp3) is 0.500. The molecule has 0 aromatic heterocycles. The van der Waals surface area contributed by atoms with Crippen molar-refractivity contribution in [1.82, 2.24) is 0 Å². The Morgan fingerprint density at radius 3 is 3.07 bits per heavy atom. The molecule has 0 saturated carbocycles. The zero-order chi connectivity index (χ0) is 10.3. The maximum atomic E-state index is 5.79. The van der Waals surface area contributed by atoms with Crippen molar-refractivity contribution in [2.45, 2.75) is 18.8 Å². The molecule has 15 heavy (non-hydrogen) atoms. The van der Waals surface area contributed by atoms with Crippen molar-refractivity contribution in [3.63, 3.8) is 0 Å². The van der Waals surface area contributed by atoms with Crippen LogP contribution < -0.4 is 4.74 Å². The van der Waals surface area contributed by atoms with Crippen molar-refractivity contribution in [1.29, 1.82) is 0 Å². The normalized spacial score (nSPS) is 33.0. The molecule has 2 aliphatic rings. The molecule has 3 nitrogen and oxygen atoms in total. The fourth-order valence-electron chi connectivity index (χ4n) is 2.48. The van der Waals surface area contributed by atoms with E-state index in [1.165, 1.54) is 0 Å². The minimum Gasteiger partial charge on any atom is -0.464 e. The molecule has 1 saturated heterocycles. The molecule has 1 fully saturated rings. The number of hydrogen-bond acceptors (Lipinski definition) is 3. The van der Waals surface area contributed by atoms with Crippen molar-refractivity contribution < 1.29 is 14.2 Å². The van der Waals surface area contributed by atoms with Crippen LogP contribution in [-0.2, 0) is 9.47 Å². The molecule has 0 unspecified atom stereocenters. The minimum absolute atomic E-state index is 0.113. The minimum atomic E-state index is -0.121. The second kappa shape index (κ2) is 3.51. The summed E-state index contributed by atoms with van der Waals surface area (Å²) >= 11 is 0. The van der Waals surface area contributed by atoms with Gasteiger partial charge in [0.25, 0.3) is 0 Å². The Morgan fingerprint density at radius 2 is 2.20 bits per heavy atom. The summed E-state index contributed by atoms with van der Waals surface area (Å²) < 4.78 is 16.9. The highest BCUT2D eigenvalue weighted by Crippen LogP contribution is 2.44. The third kappa shape index (κ3) is 1.34. The van der Waals surface area contributed by atoms with Crippen LogP contribution in [0.3, 0.4) is 0 Å². The Labute approximate surface area is 89.0 Å². The molecule has 3 atom stereocenters. The predicted octanol–water partition coefficient (Wildman–Crippen LogP) is 2.13. The third-order valence-corrected chi connectivity index (χ3v) is 3.19. The van der Waals surface area contributed by atoms with Crippen LogP contribution in [0.2, 0.25) is 0 Å². The standard InChI is InChI=1S/C12H14O3/c1-13-11-8-4-2-3-5-10(8)15-12-9(11)6-7-14-12/h2-5,9,11-12H,6-7H2,1H3/t9-,11-,12+/m1/s1. The third-order valence-electron chi connectivity index (χ3n) is 3.19. The van der Waals surface area contributed by atoms with Crippen molar-refractivity contribution >= 4 is 0 Å². The summed E-state index contributed by atoms with van der Waals surface area (Å²) in [5, 5.41) is 0. The molecular weight excluding hydrogens is 192 g/mol. The van der Waals surface area contributed by atoms with E-state index in [0.29, 0.717) is 5.92 Å². The topological polar surface area (TPSA) is 27.7 Å². The lowest BCUT2D eigenvalue weighted by molar-refractivity contribution is -0.112. The van der Waals surface area contributed by atoms with Gasteiger partial charge in [0.1, 0.15) is 5.75 Å². The zero-order valence-electron chi connectivity index (χ0n) is 8.68. The van der Waals surface area contributed by atoms with E-state index in [1.54, 1.807) is 7.11 Å². The van der Waals surface area contributed by atoms with E-state index in [9.17, 15) is 0 Å². The Morgan fingerprint density at radius 1 is 1.33 bits per heavy atom. The molecule has 0 aliphatic carbocycles. The average molecular weight is 206 g/mol. The number of para-hydroxylation sites is 1. The van der Waals surface area contributed by atoms with Crippen molar-refractivity contribution in [2.75, 3.05) is 13.7 Å². The summed E-state index contributed by atoms with van der Waals surface area (Å²) in [5.74, 6) is 1.23. The van der Waals surface area contributed by atoms with Crippen LogP contribution in [0.25, 0.3) is 0 Å². The van der Waals surface area contributed by atoms with E-state index in [1.807, 2.05) is 18.2 Å². The second-order valence-corrected chi connectivity index (χ2v) is 4.00. The Bertz CT molecular complexity index is 364. The van der Waals surface area contributed by atoms with Crippen LogP contribution in [-0.4, -0.2) is 20.0 Å². The summed E-state index contributed by atoms with van der Waals surface area (Å²) in [7, 11) is 1.75. The smallest absolute Gasteiger partial charge is 0.205 e. The number of ether oxygens (including phenoxy) is 3. The van der Waals surface area contributed by atoms with E-state index in [2.05, 4.69) is 6.07 Å². The zero-order valence-corrected chi connectivity index (χ0v) is 8.68. The molecule has 0 bridgehead atoms. The molecule has 2 aliphatic heterocycles. The van der Waals surface area contributed by atoms with Gasteiger partial charge in [-0.15, -0.1) is 0 Å². The monoisotopic (exact) mass is 206 g/mol. The highest BCUT2D eigenvalue weighted by molar-refractivity contribution is 5.37. The van der Waals surface area contributed by atoms with Crippen molar-refractivity contribution in [3.8, 4) is 5.75 Å². The first-order chi connectivity index (χ1) is 7.40. The molecule has 3 rings (SSSR count). The first-order valence-corrected chi connectivity index (χ1v) is 5.30. The lowest BCUT2D eigenvalue weighted by Gasteiger charge is -2.33. The highest BCUT2D eigenvalue weighted by Gasteiger charge is 2.42. The fourth-order valence-corrected chi connectivity index (χ4v) is 2.48. The van der Waals surface area contributed by atoms with Crippen LogP contribution in [0.5, 0.6) is 5.75 Å². The Balaban J connectivity index is 2.03. The van der Waals surface area contributed by atoms with Crippen molar-refractivity contribution in [3.05, 3.63) is 29.8 Å². The van der Waals surface area contributed by atoms with E-state index >= 15 is 0 Å². The van der Waals surface area contributed by atoms with Gasteiger partial charge in [0.2, 0.25) is 6.29 Å². The molecule has 0 N–H and O–H groups in total. The van der Waals surface area contributed by atoms with Gasteiger partial charge in [0, 0.05) is 12.7 Å². The van der Waals surface area contributed by atoms with Crippen LogP contribution in [0.4, 0.5) is 0 Å². The van der Waals surface area contributed by atoms with Gasteiger partial charge in [-0.25, -0.2) is 0 Å². The number of rotatable bonds is 1. The molecule has 0 amide bonds. The molecule has 2 heterocycles. The molecule has 0 spiro atoms. The molecule has 1 aromatic rings. The Kier molecular flexibility index (Phi) is 2.15.